The zero-order valence-corrected chi connectivity index (χ0v) is 13.3. The highest BCUT2D eigenvalue weighted by Gasteiger charge is 2.14. The molecular formula is C16H18N4O3. The Hall–Kier alpha value is -2.83. The van der Waals surface area contributed by atoms with Crippen molar-refractivity contribution in [1.29, 1.82) is 0 Å². The van der Waals surface area contributed by atoms with Crippen LogP contribution in [0.25, 0.3) is 11.0 Å². The lowest BCUT2D eigenvalue weighted by atomic mass is 10.3. The fourth-order valence-electron chi connectivity index (χ4n) is 2.82. The van der Waals surface area contributed by atoms with E-state index in [1.54, 1.807) is 16.2 Å². The Labute approximate surface area is 131 Å². The van der Waals surface area contributed by atoms with Crippen molar-refractivity contribution in [2.45, 2.75) is 20.0 Å². The van der Waals surface area contributed by atoms with E-state index in [2.05, 4.69) is 0 Å². The fourth-order valence-corrected chi connectivity index (χ4v) is 2.82. The van der Waals surface area contributed by atoms with Gasteiger partial charge in [-0.05, 0) is 19.1 Å². The molecule has 0 N–H and O–H groups in total. The van der Waals surface area contributed by atoms with Gasteiger partial charge >= 0.3 is 11.4 Å². The van der Waals surface area contributed by atoms with E-state index < -0.39 is 5.69 Å². The van der Waals surface area contributed by atoms with Crippen molar-refractivity contribution in [2.24, 2.45) is 14.1 Å². The zero-order valence-electron chi connectivity index (χ0n) is 13.3. The van der Waals surface area contributed by atoms with Crippen LogP contribution in [0.2, 0.25) is 0 Å². The standard InChI is InChI=1S/C16H18N4O3/c1-4-19-12-7-5-6-8-13(12)20(16(19)23)10-11-9-14(21)18(3)15(22)17(11)2/h5-9H,4,10H2,1-3H3. The average molecular weight is 314 g/mol. The number of nitrogens with zero attached hydrogens (tertiary/aromatic N) is 4. The molecule has 3 aromatic rings. The number of rotatable bonds is 3. The van der Waals surface area contributed by atoms with E-state index in [0.29, 0.717) is 12.2 Å². The number of aromatic nitrogens is 4. The van der Waals surface area contributed by atoms with Crippen LogP contribution < -0.4 is 16.9 Å². The van der Waals surface area contributed by atoms with Crippen LogP contribution in [-0.4, -0.2) is 18.3 Å². The van der Waals surface area contributed by atoms with Gasteiger partial charge in [-0.3, -0.25) is 23.1 Å². The molecule has 3 rings (SSSR count). The highest BCUT2D eigenvalue weighted by atomic mass is 16.2. The summed E-state index contributed by atoms with van der Waals surface area (Å²) in [5.41, 5.74) is 1.19. The Morgan fingerprint density at radius 1 is 0.870 bits per heavy atom. The molecule has 0 unspecified atom stereocenters. The summed E-state index contributed by atoms with van der Waals surface area (Å²) >= 11 is 0. The second-order valence-electron chi connectivity index (χ2n) is 5.48. The zero-order chi connectivity index (χ0) is 16.7. The molecular weight excluding hydrogens is 296 g/mol. The molecule has 7 heteroatoms. The third-order valence-electron chi connectivity index (χ3n) is 4.19. The lowest BCUT2D eigenvalue weighted by Crippen LogP contribution is -2.39. The van der Waals surface area contributed by atoms with E-state index in [1.807, 2.05) is 31.2 Å². The molecule has 0 spiro atoms. The lowest BCUT2D eigenvalue weighted by Gasteiger charge is -2.10. The first-order valence-corrected chi connectivity index (χ1v) is 7.39. The maximum absolute atomic E-state index is 12.6. The Balaban J connectivity index is 2.25. The van der Waals surface area contributed by atoms with Crippen LogP contribution in [0.15, 0.2) is 44.7 Å². The summed E-state index contributed by atoms with van der Waals surface area (Å²) in [6.07, 6.45) is 0. The minimum absolute atomic E-state index is 0.151. The van der Waals surface area contributed by atoms with Crippen LogP contribution >= 0.6 is 0 Å². The van der Waals surface area contributed by atoms with Crippen LogP contribution in [0, 0.1) is 0 Å². The predicted molar refractivity (Wildman–Crippen MR) is 87.9 cm³/mol. The highest BCUT2D eigenvalue weighted by molar-refractivity contribution is 5.76. The van der Waals surface area contributed by atoms with E-state index >= 15 is 0 Å². The average Bonchev–Trinajstić information content (AvgIpc) is 2.82. The minimum atomic E-state index is -0.403. The van der Waals surface area contributed by atoms with E-state index in [-0.39, 0.29) is 17.8 Å². The maximum Gasteiger partial charge on any atom is 0.330 e. The van der Waals surface area contributed by atoms with Crippen LogP contribution in [0.5, 0.6) is 0 Å². The van der Waals surface area contributed by atoms with Crippen molar-refractivity contribution >= 4 is 11.0 Å². The number of fused-ring (bicyclic) bond motifs is 1. The van der Waals surface area contributed by atoms with Crippen LogP contribution in [0.4, 0.5) is 0 Å². The predicted octanol–water partition coefficient (Wildman–Crippen LogP) is 0.269. The summed E-state index contributed by atoms with van der Waals surface area (Å²) in [5.74, 6) is 0. The number of para-hydroxylation sites is 2. The second kappa shape index (κ2) is 5.42. The number of hydrogen-bond donors (Lipinski definition) is 0. The smallest absolute Gasteiger partial charge is 0.299 e. The van der Waals surface area contributed by atoms with Gasteiger partial charge in [0, 0.05) is 32.4 Å². The SMILES string of the molecule is CCn1c(=O)n(Cc2cc(=O)n(C)c(=O)n2C)c2ccccc21. The summed E-state index contributed by atoms with van der Waals surface area (Å²) in [6.45, 7) is 2.64. The first-order valence-electron chi connectivity index (χ1n) is 7.39. The van der Waals surface area contributed by atoms with E-state index in [4.69, 9.17) is 0 Å². The van der Waals surface area contributed by atoms with E-state index in [1.165, 1.54) is 17.7 Å². The normalized spacial score (nSPS) is 11.3. The van der Waals surface area contributed by atoms with Gasteiger partial charge < -0.3 is 0 Å². The van der Waals surface area contributed by atoms with Gasteiger partial charge in [0.15, 0.2) is 0 Å². The lowest BCUT2D eigenvalue weighted by molar-refractivity contribution is 0.611. The third kappa shape index (κ3) is 2.25. The molecule has 0 saturated heterocycles. The Morgan fingerprint density at radius 3 is 2.09 bits per heavy atom. The summed E-state index contributed by atoms with van der Waals surface area (Å²) in [4.78, 5) is 36.5. The molecule has 0 aliphatic heterocycles. The Bertz CT molecular complexity index is 1070. The topological polar surface area (TPSA) is 70.9 Å². The summed E-state index contributed by atoms with van der Waals surface area (Å²) in [6, 6.07) is 8.89. The van der Waals surface area contributed by atoms with Crippen molar-refractivity contribution in [3.05, 3.63) is 67.3 Å². The van der Waals surface area contributed by atoms with E-state index in [9.17, 15) is 14.4 Å². The summed E-state index contributed by atoms with van der Waals surface area (Å²) in [7, 11) is 3.03. The van der Waals surface area contributed by atoms with Crippen molar-refractivity contribution in [2.75, 3.05) is 0 Å². The Kier molecular flexibility index (Phi) is 3.55. The monoisotopic (exact) mass is 314 g/mol. The van der Waals surface area contributed by atoms with Gasteiger partial charge in [0.05, 0.1) is 17.6 Å². The van der Waals surface area contributed by atoms with E-state index in [0.717, 1.165) is 15.6 Å². The quantitative estimate of drug-likeness (QED) is 0.696. The molecule has 120 valence electrons. The highest BCUT2D eigenvalue weighted by Crippen LogP contribution is 2.13. The number of hydrogen-bond acceptors (Lipinski definition) is 3. The fraction of sp³-hybridized carbons (Fsp3) is 0.312. The maximum atomic E-state index is 12.6. The number of aryl methyl sites for hydroxylation is 1. The third-order valence-corrected chi connectivity index (χ3v) is 4.19. The molecule has 23 heavy (non-hydrogen) atoms. The van der Waals surface area contributed by atoms with Crippen LogP contribution in [-0.2, 0) is 27.2 Å². The molecule has 0 atom stereocenters. The number of imidazole rings is 1. The van der Waals surface area contributed by atoms with Gasteiger partial charge in [-0.25, -0.2) is 9.59 Å². The van der Waals surface area contributed by atoms with Crippen molar-refractivity contribution in [1.82, 2.24) is 18.3 Å². The van der Waals surface area contributed by atoms with Crippen molar-refractivity contribution in [3.8, 4) is 0 Å². The van der Waals surface area contributed by atoms with Crippen molar-refractivity contribution in [3.63, 3.8) is 0 Å². The Morgan fingerprint density at radius 2 is 1.48 bits per heavy atom. The molecule has 1 aromatic carbocycles. The van der Waals surface area contributed by atoms with Gasteiger partial charge in [0.25, 0.3) is 5.56 Å². The van der Waals surface area contributed by atoms with Gasteiger partial charge in [-0.15, -0.1) is 0 Å². The van der Waals surface area contributed by atoms with Crippen LogP contribution in [0.1, 0.15) is 12.6 Å². The second-order valence-corrected chi connectivity index (χ2v) is 5.48. The molecule has 0 saturated carbocycles. The minimum Gasteiger partial charge on any atom is -0.299 e. The summed E-state index contributed by atoms with van der Waals surface area (Å²) < 4.78 is 5.70. The van der Waals surface area contributed by atoms with Gasteiger partial charge in [0.1, 0.15) is 0 Å². The molecule has 0 fully saturated rings. The molecule has 0 amide bonds. The molecule has 0 radical (unpaired) electrons. The molecule has 0 bridgehead atoms. The molecule has 0 aliphatic carbocycles. The van der Waals surface area contributed by atoms with Crippen molar-refractivity contribution < 1.29 is 0 Å². The molecule has 0 aliphatic rings. The molecule has 2 aromatic heterocycles. The molecule has 2 heterocycles. The first kappa shape index (κ1) is 15.1. The number of benzene rings is 1. The van der Waals surface area contributed by atoms with Crippen LogP contribution in [0.3, 0.4) is 0 Å². The van der Waals surface area contributed by atoms with Gasteiger partial charge in [-0.1, -0.05) is 12.1 Å². The molecule has 7 nitrogen and oxygen atoms in total. The first-order chi connectivity index (χ1) is 11.0. The largest absolute Gasteiger partial charge is 0.330 e. The van der Waals surface area contributed by atoms with Gasteiger partial charge in [0.2, 0.25) is 0 Å². The summed E-state index contributed by atoms with van der Waals surface area (Å²) in [5, 5.41) is 0. The van der Waals surface area contributed by atoms with Gasteiger partial charge in [-0.2, -0.15) is 0 Å².